The molecule has 0 saturated heterocycles. The number of rotatable bonds is 6. The smallest absolute Gasteiger partial charge is 0.245 e. The van der Waals surface area contributed by atoms with Gasteiger partial charge in [-0.25, -0.2) is 13.1 Å². The summed E-state index contributed by atoms with van der Waals surface area (Å²) in [7, 11) is -3.55. The molecule has 114 valence electrons. The topological polar surface area (TPSA) is 72.2 Å². The Kier molecular flexibility index (Phi) is 4.80. The maximum absolute atomic E-state index is 12.2. The summed E-state index contributed by atoms with van der Waals surface area (Å²) in [5.74, 6) is 0.318. The van der Waals surface area contributed by atoms with E-state index in [0.717, 1.165) is 12.8 Å². The van der Waals surface area contributed by atoms with E-state index in [2.05, 4.69) is 22.0 Å². The van der Waals surface area contributed by atoms with Gasteiger partial charge in [-0.05, 0) is 39.2 Å². The van der Waals surface area contributed by atoms with Gasteiger partial charge in [-0.1, -0.05) is 35.0 Å². The van der Waals surface area contributed by atoms with Crippen molar-refractivity contribution in [1.29, 1.82) is 0 Å². The number of hydrogen-bond donors (Lipinski definition) is 1. The van der Waals surface area contributed by atoms with Crippen LogP contribution in [0, 0.1) is 20.8 Å². The predicted octanol–water partition coefficient (Wildman–Crippen LogP) is 2.51. The fraction of sp³-hybridized carbons (Fsp3) is 0.400. The van der Waals surface area contributed by atoms with Crippen LogP contribution in [0.25, 0.3) is 0 Å². The first kappa shape index (κ1) is 15.7. The van der Waals surface area contributed by atoms with Crippen LogP contribution in [-0.2, 0) is 16.4 Å². The van der Waals surface area contributed by atoms with E-state index in [1.54, 1.807) is 13.8 Å². The van der Waals surface area contributed by atoms with Crippen molar-refractivity contribution in [2.75, 3.05) is 6.54 Å². The molecule has 0 aliphatic heterocycles. The first-order valence-corrected chi connectivity index (χ1v) is 8.36. The highest BCUT2D eigenvalue weighted by Gasteiger charge is 2.23. The summed E-state index contributed by atoms with van der Waals surface area (Å²) >= 11 is 0. The van der Waals surface area contributed by atoms with Crippen molar-refractivity contribution >= 4 is 10.0 Å². The van der Waals surface area contributed by atoms with Gasteiger partial charge in [-0.15, -0.1) is 0 Å². The van der Waals surface area contributed by atoms with Gasteiger partial charge < -0.3 is 4.52 Å². The van der Waals surface area contributed by atoms with Gasteiger partial charge in [0.15, 0.2) is 5.76 Å². The lowest BCUT2D eigenvalue weighted by molar-refractivity contribution is 0.390. The summed E-state index contributed by atoms with van der Waals surface area (Å²) in [6.07, 6.45) is 1.58. The Hall–Kier alpha value is -1.66. The van der Waals surface area contributed by atoms with Gasteiger partial charge >= 0.3 is 0 Å². The van der Waals surface area contributed by atoms with Crippen molar-refractivity contribution in [2.24, 2.45) is 0 Å². The highest BCUT2D eigenvalue weighted by atomic mass is 32.2. The van der Waals surface area contributed by atoms with Gasteiger partial charge in [-0.2, -0.15) is 0 Å². The fourth-order valence-corrected chi connectivity index (χ4v) is 3.70. The van der Waals surface area contributed by atoms with Crippen LogP contribution >= 0.6 is 0 Å². The summed E-state index contributed by atoms with van der Waals surface area (Å²) in [5, 5.41) is 3.67. The molecule has 5 nitrogen and oxygen atoms in total. The van der Waals surface area contributed by atoms with Crippen molar-refractivity contribution in [1.82, 2.24) is 9.88 Å². The SMILES string of the molecule is Cc1cccc(CCCNS(=O)(=O)c2c(C)noc2C)c1. The molecule has 1 aromatic heterocycles. The Labute approximate surface area is 125 Å². The van der Waals surface area contributed by atoms with Gasteiger partial charge in [0.05, 0.1) is 0 Å². The minimum Gasteiger partial charge on any atom is -0.360 e. The highest BCUT2D eigenvalue weighted by molar-refractivity contribution is 7.89. The van der Waals surface area contributed by atoms with Gasteiger partial charge in [-0.3, -0.25) is 0 Å². The highest BCUT2D eigenvalue weighted by Crippen LogP contribution is 2.18. The lowest BCUT2D eigenvalue weighted by Crippen LogP contribution is -2.26. The van der Waals surface area contributed by atoms with Crippen LogP contribution in [0.2, 0.25) is 0 Å². The van der Waals surface area contributed by atoms with E-state index in [-0.39, 0.29) is 4.90 Å². The van der Waals surface area contributed by atoms with E-state index in [0.29, 0.717) is 18.0 Å². The van der Waals surface area contributed by atoms with E-state index >= 15 is 0 Å². The summed E-state index contributed by atoms with van der Waals surface area (Å²) < 4.78 is 31.9. The van der Waals surface area contributed by atoms with Gasteiger partial charge in [0.2, 0.25) is 10.0 Å². The molecule has 0 bridgehead atoms. The van der Waals surface area contributed by atoms with E-state index in [1.165, 1.54) is 11.1 Å². The molecule has 0 atom stereocenters. The van der Waals surface area contributed by atoms with Gasteiger partial charge in [0.25, 0.3) is 0 Å². The number of aromatic nitrogens is 1. The Morgan fingerprint density at radius 2 is 2.00 bits per heavy atom. The molecule has 1 aromatic carbocycles. The Morgan fingerprint density at radius 1 is 1.24 bits per heavy atom. The number of benzene rings is 1. The molecule has 0 radical (unpaired) electrons. The molecule has 0 aliphatic carbocycles. The van der Waals surface area contributed by atoms with Crippen LogP contribution < -0.4 is 4.72 Å². The van der Waals surface area contributed by atoms with E-state index in [9.17, 15) is 8.42 Å². The molecule has 0 amide bonds. The lowest BCUT2D eigenvalue weighted by Gasteiger charge is -2.06. The summed E-state index contributed by atoms with van der Waals surface area (Å²) in [6, 6.07) is 8.22. The van der Waals surface area contributed by atoms with Crippen LogP contribution in [-0.4, -0.2) is 20.1 Å². The molecule has 6 heteroatoms. The molecule has 0 spiro atoms. The molecule has 1 N–H and O–H groups in total. The first-order valence-electron chi connectivity index (χ1n) is 6.88. The zero-order chi connectivity index (χ0) is 15.5. The molecular formula is C15H20N2O3S. The molecule has 21 heavy (non-hydrogen) atoms. The fourth-order valence-electron chi connectivity index (χ4n) is 2.30. The zero-order valence-electron chi connectivity index (χ0n) is 12.5. The maximum atomic E-state index is 12.2. The largest absolute Gasteiger partial charge is 0.360 e. The van der Waals surface area contributed by atoms with Crippen molar-refractivity contribution in [3.05, 3.63) is 46.8 Å². The maximum Gasteiger partial charge on any atom is 0.245 e. The second kappa shape index (κ2) is 6.41. The summed E-state index contributed by atoms with van der Waals surface area (Å²) in [4.78, 5) is 0.151. The number of hydrogen-bond acceptors (Lipinski definition) is 4. The molecule has 1 heterocycles. The van der Waals surface area contributed by atoms with Crippen LogP contribution in [0.15, 0.2) is 33.7 Å². The Balaban J connectivity index is 1.91. The Bertz CT molecular complexity index is 701. The molecule has 0 saturated carbocycles. The standard InChI is InChI=1S/C15H20N2O3S/c1-11-6-4-7-14(10-11)8-5-9-16-21(18,19)15-12(2)17-20-13(15)3/h4,6-7,10,16H,5,8-9H2,1-3H3. The Morgan fingerprint density at radius 3 is 2.62 bits per heavy atom. The summed E-state index contributed by atoms with van der Waals surface area (Å²) in [6.45, 7) is 5.66. The van der Waals surface area contributed by atoms with E-state index in [4.69, 9.17) is 4.52 Å². The molecule has 2 aromatic rings. The van der Waals surface area contributed by atoms with Crippen molar-refractivity contribution in [3.63, 3.8) is 0 Å². The van der Waals surface area contributed by atoms with E-state index in [1.807, 2.05) is 19.1 Å². The van der Waals surface area contributed by atoms with Crippen LogP contribution in [0.1, 0.15) is 29.0 Å². The number of nitrogens with zero attached hydrogens (tertiary/aromatic N) is 1. The van der Waals surface area contributed by atoms with Crippen LogP contribution in [0.4, 0.5) is 0 Å². The van der Waals surface area contributed by atoms with Crippen molar-refractivity contribution < 1.29 is 12.9 Å². The molecular weight excluding hydrogens is 288 g/mol. The second-order valence-electron chi connectivity index (χ2n) is 5.14. The monoisotopic (exact) mass is 308 g/mol. The van der Waals surface area contributed by atoms with Crippen LogP contribution in [0.5, 0.6) is 0 Å². The number of aryl methyl sites for hydroxylation is 4. The van der Waals surface area contributed by atoms with Gasteiger partial charge in [0, 0.05) is 6.54 Å². The molecule has 0 aliphatic rings. The number of nitrogens with one attached hydrogen (secondary N) is 1. The minimum atomic E-state index is -3.55. The minimum absolute atomic E-state index is 0.151. The normalized spacial score (nSPS) is 11.8. The van der Waals surface area contributed by atoms with Crippen molar-refractivity contribution in [3.8, 4) is 0 Å². The quantitative estimate of drug-likeness (QED) is 0.832. The molecule has 2 rings (SSSR count). The zero-order valence-corrected chi connectivity index (χ0v) is 13.3. The predicted molar refractivity (Wildman–Crippen MR) is 80.7 cm³/mol. The molecule has 0 unspecified atom stereocenters. The van der Waals surface area contributed by atoms with Crippen LogP contribution in [0.3, 0.4) is 0 Å². The third kappa shape index (κ3) is 3.92. The number of sulfonamides is 1. The third-order valence-corrected chi connectivity index (χ3v) is 4.96. The first-order chi connectivity index (χ1) is 9.90. The average Bonchev–Trinajstić information content (AvgIpc) is 2.75. The molecule has 0 fully saturated rings. The third-order valence-electron chi connectivity index (χ3n) is 3.25. The van der Waals surface area contributed by atoms with Crippen molar-refractivity contribution in [2.45, 2.75) is 38.5 Å². The second-order valence-corrected chi connectivity index (χ2v) is 6.85. The summed E-state index contributed by atoms with van der Waals surface area (Å²) in [5.41, 5.74) is 2.81. The average molecular weight is 308 g/mol. The van der Waals surface area contributed by atoms with E-state index < -0.39 is 10.0 Å². The van der Waals surface area contributed by atoms with Gasteiger partial charge in [0.1, 0.15) is 10.6 Å². The lowest BCUT2D eigenvalue weighted by atomic mass is 10.1.